The van der Waals surface area contributed by atoms with Gasteiger partial charge in [-0.05, 0) is 73.1 Å². The van der Waals surface area contributed by atoms with Crippen LogP contribution in [0.15, 0.2) is 60.2 Å². The predicted molar refractivity (Wildman–Crippen MR) is 166 cm³/mol. The minimum Gasteiger partial charge on any atom is -0.488 e. The molecular formula is C35H34ClF4N3O3. The van der Waals surface area contributed by atoms with Gasteiger partial charge in [-0.25, -0.2) is 13.2 Å². The van der Waals surface area contributed by atoms with Gasteiger partial charge in [0.2, 0.25) is 11.7 Å². The van der Waals surface area contributed by atoms with Crippen LogP contribution in [0.2, 0.25) is 5.02 Å². The van der Waals surface area contributed by atoms with Crippen molar-refractivity contribution in [3.8, 4) is 5.75 Å². The van der Waals surface area contributed by atoms with E-state index in [2.05, 4.69) is 5.32 Å². The summed E-state index contributed by atoms with van der Waals surface area (Å²) in [5.74, 6) is -4.93. The summed E-state index contributed by atoms with van der Waals surface area (Å²) in [4.78, 5) is 30.3. The quantitative estimate of drug-likeness (QED) is 0.155. The zero-order valence-electron chi connectivity index (χ0n) is 25.3. The van der Waals surface area contributed by atoms with E-state index in [4.69, 9.17) is 16.3 Å². The Hall–Kier alpha value is -3.89. The summed E-state index contributed by atoms with van der Waals surface area (Å²) in [5.41, 5.74) is 3.56. The molecule has 0 aromatic heterocycles. The van der Waals surface area contributed by atoms with Gasteiger partial charge in [-0.1, -0.05) is 41.9 Å². The first kappa shape index (κ1) is 32.1. The van der Waals surface area contributed by atoms with Crippen LogP contribution in [0.1, 0.15) is 49.3 Å². The zero-order chi connectivity index (χ0) is 32.5. The largest absolute Gasteiger partial charge is 0.488 e. The second-order valence-corrected chi connectivity index (χ2v) is 12.5. The first-order valence-corrected chi connectivity index (χ1v) is 15.8. The molecule has 3 aromatic carbocycles. The summed E-state index contributed by atoms with van der Waals surface area (Å²) >= 11 is 6.36. The fourth-order valence-electron chi connectivity index (χ4n) is 6.35. The van der Waals surface area contributed by atoms with E-state index in [9.17, 15) is 27.2 Å². The van der Waals surface area contributed by atoms with Gasteiger partial charge in [0.15, 0.2) is 17.4 Å². The SMILES string of the molecule is CC(=O)N1CC2CC(c3ccc(CCCOc4c(F)ccc(F)c4F)cc3)=C(C(=O)N(Cc3c(F)cccc3Cl)C3CC3)C(C1)N2. The molecule has 1 saturated carbocycles. The molecular weight excluding hydrogens is 622 g/mol. The number of halogens is 5. The molecule has 1 aliphatic carbocycles. The van der Waals surface area contributed by atoms with E-state index in [0.29, 0.717) is 44.0 Å². The molecule has 1 saturated heterocycles. The van der Waals surface area contributed by atoms with Crippen molar-refractivity contribution in [3.63, 3.8) is 0 Å². The summed E-state index contributed by atoms with van der Waals surface area (Å²) in [6.45, 7) is 2.44. The number of aryl methyl sites for hydroxylation is 1. The van der Waals surface area contributed by atoms with E-state index in [-0.39, 0.29) is 47.6 Å². The molecule has 2 bridgehead atoms. The monoisotopic (exact) mass is 655 g/mol. The maximum atomic E-state index is 14.8. The standard InChI is InChI=1S/C35H34ClF4N3O3/c1-20(44)42-17-23-16-25(22-9-7-21(8-10-22)4-3-15-46-34-30(39)14-13-29(38)33(34)40)32(31(19-42)41-23)35(45)43(24-11-12-24)18-26-27(36)5-2-6-28(26)37/h2,5-10,13-14,23-24,31,41H,3-4,11-12,15-19H2,1H3. The Balaban J connectivity index is 1.24. The Labute approximate surface area is 270 Å². The van der Waals surface area contributed by atoms with Crippen molar-refractivity contribution in [2.75, 3.05) is 19.7 Å². The third-order valence-electron chi connectivity index (χ3n) is 8.88. The van der Waals surface area contributed by atoms with Crippen molar-refractivity contribution in [2.24, 2.45) is 0 Å². The molecule has 2 unspecified atom stereocenters. The summed E-state index contributed by atoms with van der Waals surface area (Å²) in [6.07, 6.45) is 3.14. The van der Waals surface area contributed by atoms with Crippen LogP contribution in [0.5, 0.6) is 5.75 Å². The molecule has 0 spiro atoms. The predicted octanol–water partition coefficient (Wildman–Crippen LogP) is 6.45. The van der Waals surface area contributed by atoms with Gasteiger partial charge in [0.05, 0.1) is 19.2 Å². The highest BCUT2D eigenvalue weighted by atomic mass is 35.5. The van der Waals surface area contributed by atoms with E-state index in [1.807, 2.05) is 24.3 Å². The number of nitrogens with one attached hydrogen (secondary N) is 1. The summed E-state index contributed by atoms with van der Waals surface area (Å²) in [7, 11) is 0. The van der Waals surface area contributed by atoms with Crippen LogP contribution in [-0.4, -0.2) is 59.4 Å². The number of amides is 2. The van der Waals surface area contributed by atoms with Crippen LogP contribution in [0.3, 0.4) is 0 Å². The van der Waals surface area contributed by atoms with Gasteiger partial charge >= 0.3 is 0 Å². The van der Waals surface area contributed by atoms with Crippen LogP contribution in [0, 0.1) is 23.3 Å². The van der Waals surface area contributed by atoms with Gasteiger partial charge in [-0.15, -0.1) is 0 Å². The minimum atomic E-state index is -1.35. The Morgan fingerprint density at radius 2 is 1.72 bits per heavy atom. The molecule has 1 N–H and O–H groups in total. The van der Waals surface area contributed by atoms with Crippen molar-refractivity contribution in [1.82, 2.24) is 15.1 Å². The Kier molecular flexibility index (Phi) is 9.38. The molecule has 6 rings (SSSR count). The fraction of sp³-hybridized carbons (Fsp3) is 0.371. The number of nitrogens with zero attached hydrogens (tertiary/aromatic N) is 2. The molecule has 2 heterocycles. The average molecular weight is 656 g/mol. The third kappa shape index (κ3) is 6.78. The topological polar surface area (TPSA) is 61.9 Å². The lowest BCUT2D eigenvalue weighted by atomic mass is 9.82. The number of carbonyl (C=O) groups excluding carboxylic acids is 2. The maximum Gasteiger partial charge on any atom is 0.252 e. The number of benzene rings is 3. The summed E-state index contributed by atoms with van der Waals surface area (Å²) in [5, 5.41) is 3.82. The van der Waals surface area contributed by atoms with Crippen molar-refractivity contribution in [3.05, 3.63) is 105 Å². The highest BCUT2D eigenvalue weighted by Gasteiger charge is 2.43. The maximum absolute atomic E-state index is 14.8. The van der Waals surface area contributed by atoms with Crippen LogP contribution < -0.4 is 10.1 Å². The zero-order valence-corrected chi connectivity index (χ0v) is 26.1. The molecule has 2 atom stereocenters. The summed E-state index contributed by atoms with van der Waals surface area (Å²) < 4.78 is 61.2. The van der Waals surface area contributed by atoms with Gasteiger partial charge in [0, 0.05) is 48.3 Å². The number of piperazine rings is 1. The van der Waals surface area contributed by atoms with E-state index in [1.165, 1.54) is 19.1 Å². The summed E-state index contributed by atoms with van der Waals surface area (Å²) in [6, 6.07) is 13.3. The highest BCUT2D eigenvalue weighted by Crippen LogP contribution is 2.38. The number of hydrogen-bond donors (Lipinski definition) is 1. The van der Waals surface area contributed by atoms with Crippen LogP contribution in [0.4, 0.5) is 17.6 Å². The molecule has 6 nitrogen and oxygen atoms in total. The van der Waals surface area contributed by atoms with E-state index < -0.39 is 35.1 Å². The van der Waals surface area contributed by atoms with Gasteiger partial charge in [-0.2, -0.15) is 4.39 Å². The Morgan fingerprint density at radius 1 is 0.978 bits per heavy atom. The lowest BCUT2D eigenvalue weighted by Crippen LogP contribution is -2.61. The molecule has 2 fully saturated rings. The van der Waals surface area contributed by atoms with Crippen molar-refractivity contribution in [1.29, 1.82) is 0 Å². The Morgan fingerprint density at radius 3 is 2.41 bits per heavy atom. The second kappa shape index (κ2) is 13.5. The molecule has 242 valence electrons. The number of ether oxygens (including phenoxy) is 1. The second-order valence-electron chi connectivity index (χ2n) is 12.1. The average Bonchev–Trinajstić information content (AvgIpc) is 3.87. The first-order chi connectivity index (χ1) is 22.1. The molecule has 3 aliphatic rings. The first-order valence-electron chi connectivity index (χ1n) is 15.4. The van der Waals surface area contributed by atoms with Crippen molar-refractivity contribution >= 4 is 29.0 Å². The van der Waals surface area contributed by atoms with E-state index >= 15 is 0 Å². The minimum absolute atomic E-state index is 0.00640. The Bertz CT molecular complexity index is 1660. The number of hydrogen-bond acceptors (Lipinski definition) is 4. The van der Waals surface area contributed by atoms with E-state index in [0.717, 1.165) is 35.6 Å². The molecule has 46 heavy (non-hydrogen) atoms. The lowest BCUT2D eigenvalue weighted by molar-refractivity contribution is -0.132. The highest BCUT2D eigenvalue weighted by molar-refractivity contribution is 6.31. The molecule has 0 radical (unpaired) electrons. The normalized spacial score (nSPS) is 19.3. The number of rotatable bonds is 10. The lowest BCUT2D eigenvalue weighted by Gasteiger charge is -2.44. The van der Waals surface area contributed by atoms with Gasteiger partial charge in [0.25, 0.3) is 5.91 Å². The van der Waals surface area contributed by atoms with Crippen molar-refractivity contribution < 1.29 is 31.9 Å². The van der Waals surface area contributed by atoms with Gasteiger partial charge < -0.3 is 19.9 Å². The van der Waals surface area contributed by atoms with Crippen LogP contribution >= 0.6 is 11.6 Å². The van der Waals surface area contributed by atoms with Gasteiger partial charge in [0.1, 0.15) is 5.82 Å². The number of fused-ring (bicyclic) bond motifs is 2. The third-order valence-corrected chi connectivity index (χ3v) is 9.23. The molecule has 2 amide bonds. The van der Waals surface area contributed by atoms with Crippen LogP contribution in [0.25, 0.3) is 5.57 Å². The van der Waals surface area contributed by atoms with Crippen LogP contribution in [-0.2, 0) is 22.6 Å². The molecule has 2 aliphatic heterocycles. The molecule has 3 aromatic rings. The fourth-order valence-corrected chi connectivity index (χ4v) is 6.57. The number of carbonyl (C=O) groups is 2. The van der Waals surface area contributed by atoms with Crippen molar-refractivity contribution in [2.45, 2.75) is 63.7 Å². The van der Waals surface area contributed by atoms with E-state index in [1.54, 1.807) is 15.9 Å². The van der Waals surface area contributed by atoms with Gasteiger partial charge in [-0.3, -0.25) is 9.59 Å². The smallest absolute Gasteiger partial charge is 0.252 e. The molecule has 11 heteroatoms.